The molecule has 3 heteroatoms. The second kappa shape index (κ2) is 6.41. The summed E-state index contributed by atoms with van der Waals surface area (Å²) in [5.74, 6) is 0.609. The highest BCUT2D eigenvalue weighted by Crippen LogP contribution is 2.39. The van der Waals surface area contributed by atoms with Crippen LogP contribution in [0.2, 0.25) is 0 Å². The van der Waals surface area contributed by atoms with Crippen molar-refractivity contribution in [1.29, 1.82) is 0 Å². The lowest BCUT2D eigenvalue weighted by Gasteiger charge is -2.12. The molecule has 1 N–H and O–H groups in total. The Morgan fingerprint density at radius 3 is 2.76 bits per heavy atom. The van der Waals surface area contributed by atoms with Crippen LogP contribution < -0.4 is 0 Å². The lowest BCUT2D eigenvalue weighted by molar-refractivity contribution is 0.480. The zero-order chi connectivity index (χ0) is 17.4. The Morgan fingerprint density at radius 1 is 1.12 bits per heavy atom. The van der Waals surface area contributed by atoms with Crippen molar-refractivity contribution in [3.05, 3.63) is 76.2 Å². The van der Waals surface area contributed by atoms with E-state index in [-0.39, 0.29) is 5.75 Å². The number of aromatic hydroxyl groups is 1. The van der Waals surface area contributed by atoms with Crippen LogP contribution in [0, 0.1) is 6.92 Å². The molecular formula is C22H20O2S. The molecule has 2 heterocycles. The Hall–Kier alpha value is -2.52. The number of phenols is 1. The highest BCUT2D eigenvalue weighted by Gasteiger charge is 2.16. The Labute approximate surface area is 151 Å². The van der Waals surface area contributed by atoms with E-state index in [2.05, 4.69) is 49.6 Å². The van der Waals surface area contributed by atoms with E-state index in [0.29, 0.717) is 5.92 Å². The number of phenolic OH excluding ortho intramolecular Hbond substituents is 1. The Morgan fingerprint density at radius 2 is 2.00 bits per heavy atom. The molecule has 1 unspecified atom stereocenters. The molecule has 0 radical (unpaired) electrons. The maximum atomic E-state index is 10.7. The number of rotatable bonds is 4. The number of furan rings is 1. The molecule has 25 heavy (non-hydrogen) atoms. The first-order valence-electron chi connectivity index (χ1n) is 8.45. The van der Waals surface area contributed by atoms with Crippen LogP contribution in [0.4, 0.5) is 0 Å². The zero-order valence-electron chi connectivity index (χ0n) is 14.3. The number of hydrogen-bond donors (Lipinski definition) is 1. The van der Waals surface area contributed by atoms with Gasteiger partial charge in [-0.2, -0.15) is 0 Å². The molecular weight excluding hydrogens is 328 g/mol. The predicted molar refractivity (Wildman–Crippen MR) is 104 cm³/mol. The molecule has 4 aromatic rings. The molecule has 2 nitrogen and oxygen atoms in total. The summed E-state index contributed by atoms with van der Waals surface area (Å²) in [5.41, 5.74) is 5.03. The summed E-state index contributed by atoms with van der Waals surface area (Å²) in [6.07, 6.45) is 2.71. The van der Waals surface area contributed by atoms with Gasteiger partial charge in [0.05, 0.1) is 11.6 Å². The summed E-state index contributed by atoms with van der Waals surface area (Å²) in [6.45, 7) is 4.25. The topological polar surface area (TPSA) is 33.4 Å². The van der Waals surface area contributed by atoms with Crippen LogP contribution in [0.5, 0.6) is 5.75 Å². The van der Waals surface area contributed by atoms with Crippen molar-refractivity contribution in [3.8, 4) is 16.9 Å². The molecule has 1 atom stereocenters. The minimum Gasteiger partial charge on any atom is -0.507 e. The van der Waals surface area contributed by atoms with E-state index < -0.39 is 0 Å². The van der Waals surface area contributed by atoms with Gasteiger partial charge in [-0.15, -0.1) is 11.3 Å². The molecule has 0 aliphatic carbocycles. The van der Waals surface area contributed by atoms with Gasteiger partial charge < -0.3 is 9.52 Å². The highest BCUT2D eigenvalue weighted by molar-refractivity contribution is 7.09. The average molecular weight is 348 g/mol. The number of aryl methyl sites for hydroxylation is 1. The molecule has 0 spiro atoms. The van der Waals surface area contributed by atoms with Gasteiger partial charge in [-0.3, -0.25) is 0 Å². The largest absolute Gasteiger partial charge is 0.507 e. The third-order valence-corrected chi connectivity index (χ3v) is 5.56. The Bertz CT molecular complexity index is 1010. The maximum Gasteiger partial charge on any atom is 0.138 e. The second-order valence-corrected chi connectivity index (χ2v) is 7.65. The van der Waals surface area contributed by atoms with E-state index in [0.717, 1.165) is 34.1 Å². The molecule has 0 aliphatic heterocycles. The van der Waals surface area contributed by atoms with Crippen LogP contribution in [-0.4, -0.2) is 5.11 Å². The molecule has 0 saturated carbocycles. The average Bonchev–Trinajstić information content (AvgIpc) is 3.24. The smallest absolute Gasteiger partial charge is 0.138 e. The van der Waals surface area contributed by atoms with Crippen molar-refractivity contribution in [2.24, 2.45) is 0 Å². The summed E-state index contributed by atoms with van der Waals surface area (Å²) in [4.78, 5) is 1.35. The third-order valence-electron chi connectivity index (χ3n) is 4.66. The molecule has 4 rings (SSSR count). The first kappa shape index (κ1) is 16.0. The molecule has 0 fully saturated rings. The van der Waals surface area contributed by atoms with Crippen molar-refractivity contribution < 1.29 is 9.52 Å². The number of benzene rings is 2. The van der Waals surface area contributed by atoms with E-state index in [1.54, 1.807) is 17.6 Å². The van der Waals surface area contributed by atoms with Crippen LogP contribution in [-0.2, 0) is 6.42 Å². The van der Waals surface area contributed by atoms with Gasteiger partial charge in [0.15, 0.2) is 0 Å². The van der Waals surface area contributed by atoms with Crippen molar-refractivity contribution in [3.63, 3.8) is 0 Å². The maximum absolute atomic E-state index is 10.7. The second-order valence-electron chi connectivity index (χ2n) is 6.62. The first-order chi connectivity index (χ1) is 12.1. The van der Waals surface area contributed by atoms with Crippen molar-refractivity contribution >= 4 is 22.3 Å². The van der Waals surface area contributed by atoms with Crippen LogP contribution >= 0.6 is 11.3 Å². The van der Waals surface area contributed by atoms with Gasteiger partial charge in [0.2, 0.25) is 0 Å². The summed E-state index contributed by atoms with van der Waals surface area (Å²) in [6, 6.07) is 16.4. The fourth-order valence-electron chi connectivity index (χ4n) is 3.32. The van der Waals surface area contributed by atoms with Crippen molar-refractivity contribution in [2.45, 2.75) is 26.2 Å². The lowest BCUT2D eigenvalue weighted by atomic mass is 9.94. The number of fused-ring (bicyclic) bond motifs is 1. The molecule has 0 aliphatic rings. The van der Waals surface area contributed by atoms with E-state index in [1.165, 1.54) is 10.4 Å². The highest BCUT2D eigenvalue weighted by atomic mass is 32.1. The van der Waals surface area contributed by atoms with Crippen molar-refractivity contribution in [1.82, 2.24) is 0 Å². The fraction of sp³-hybridized carbons (Fsp3) is 0.182. The van der Waals surface area contributed by atoms with Crippen LogP contribution in [0.25, 0.3) is 22.1 Å². The SMILES string of the molecule is Cc1cccc(-c2coc3cc(C(C)Cc4cccs4)cc(O)c23)c1. The predicted octanol–water partition coefficient (Wildman–Crippen LogP) is 6.52. The number of thiophene rings is 1. The quantitative estimate of drug-likeness (QED) is 0.455. The van der Waals surface area contributed by atoms with Gasteiger partial charge in [0.25, 0.3) is 0 Å². The monoisotopic (exact) mass is 348 g/mol. The van der Waals surface area contributed by atoms with Gasteiger partial charge in [0, 0.05) is 10.4 Å². The van der Waals surface area contributed by atoms with Gasteiger partial charge in [0.1, 0.15) is 11.3 Å². The Balaban J connectivity index is 1.74. The van der Waals surface area contributed by atoms with Gasteiger partial charge >= 0.3 is 0 Å². The summed E-state index contributed by atoms with van der Waals surface area (Å²) in [5, 5.41) is 13.6. The summed E-state index contributed by atoms with van der Waals surface area (Å²) >= 11 is 1.77. The minimum atomic E-state index is 0.288. The van der Waals surface area contributed by atoms with Gasteiger partial charge in [-0.1, -0.05) is 42.8 Å². The molecule has 2 aromatic heterocycles. The van der Waals surface area contributed by atoms with Crippen LogP contribution in [0.1, 0.15) is 28.8 Å². The molecule has 2 aromatic carbocycles. The Kier molecular flexibility index (Phi) is 4.10. The van der Waals surface area contributed by atoms with E-state index in [4.69, 9.17) is 4.42 Å². The molecule has 0 amide bonds. The summed E-state index contributed by atoms with van der Waals surface area (Å²) < 4.78 is 5.79. The zero-order valence-corrected chi connectivity index (χ0v) is 15.1. The van der Waals surface area contributed by atoms with Gasteiger partial charge in [-0.05, 0) is 54.0 Å². The van der Waals surface area contributed by atoms with Crippen LogP contribution in [0.3, 0.4) is 0 Å². The molecule has 0 bridgehead atoms. The van der Waals surface area contributed by atoms with E-state index in [1.807, 2.05) is 18.2 Å². The van der Waals surface area contributed by atoms with Crippen LogP contribution in [0.15, 0.2) is 64.6 Å². The van der Waals surface area contributed by atoms with E-state index in [9.17, 15) is 5.11 Å². The fourth-order valence-corrected chi connectivity index (χ4v) is 4.16. The van der Waals surface area contributed by atoms with E-state index >= 15 is 0 Å². The molecule has 126 valence electrons. The number of hydrogen-bond acceptors (Lipinski definition) is 3. The molecule has 0 saturated heterocycles. The normalized spacial score (nSPS) is 12.6. The summed E-state index contributed by atoms with van der Waals surface area (Å²) in [7, 11) is 0. The standard InChI is InChI=1S/C22H20O2S/c1-14-5-3-6-16(9-14)19-13-24-21-12-17(11-20(23)22(19)21)15(2)10-18-7-4-8-25-18/h3-9,11-13,15,23H,10H2,1-2H3. The minimum absolute atomic E-state index is 0.288. The first-order valence-corrected chi connectivity index (χ1v) is 9.33. The third kappa shape index (κ3) is 3.08. The van der Waals surface area contributed by atoms with Gasteiger partial charge in [-0.25, -0.2) is 0 Å². The lowest BCUT2D eigenvalue weighted by Crippen LogP contribution is -1.96. The van der Waals surface area contributed by atoms with Crippen molar-refractivity contribution in [2.75, 3.05) is 0 Å².